The van der Waals surface area contributed by atoms with Crippen LogP contribution in [0.15, 0.2) is 42.9 Å². The number of aromatic amines is 1. The van der Waals surface area contributed by atoms with E-state index in [0.717, 1.165) is 22.3 Å². The van der Waals surface area contributed by atoms with E-state index in [9.17, 15) is 4.79 Å². The van der Waals surface area contributed by atoms with Crippen molar-refractivity contribution in [2.24, 2.45) is 12.8 Å². The van der Waals surface area contributed by atoms with E-state index in [1.165, 1.54) is 0 Å². The minimum atomic E-state index is -0.584. The number of imidazole rings is 1. The standard InChI is InChI=1S/C16H19N5O/c1-21-7-6-18-15(21)10-20-16(22)13(17)8-11-9-19-14-5-3-2-4-12(11)14/h2-7,9,13,19H,8,10,17H2,1H3,(H,20,22)/t13-/m0/s1. The number of amides is 1. The summed E-state index contributed by atoms with van der Waals surface area (Å²) in [6, 6.07) is 7.40. The van der Waals surface area contributed by atoms with Gasteiger partial charge in [0, 0.05) is 36.5 Å². The van der Waals surface area contributed by atoms with Crippen LogP contribution in [0.1, 0.15) is 11.4 Å². The first-order chi connectivity index (χ1) is 10.6. The summed E-state index contributed by atoms with van der Waals surface area (Å²) in [5, 5.41) is 3.94. The maximum Gasteiger partial charge on any atom is 0.237 e. The minimum Gasteiger partial charge on any atom is -0.361 e. The summed E-state index contributed by atoms with van der Waals surface area (Å²) in [4.78, 5) is 19.5. The summed E-state index contributed by atoms with van der Waals surface area (Å²) in [6.45, 7) is 0.379. The maximum absolute atomic E-state index is 12.1. The molecule has 1 atom stereocenters. The van der Waals surface area contributed by atoms with E-state index in [4.69, 9.17) is 5.73 Å². The highest BCUT2D eigenvalue weighted by molar-refractivity contribution is 5.86. The molecule has 0 saturated heterocycles. The highest BCUT2D eigenvalue weighted by Crippen LogP contribution is 2.18. The lowest BCUT2D eigenvalue weighted by Gasteiger charge is -2.12. The van der Waals surface area contributed by atoms with E-state index >= 15 is 0 Å². The Kier molecular flexibility index (Phi) is 3.93. The number of rotatable bonds is 5. The van der Waals surface area contributed by atoms with Crippen molar-refractivity contribution < 1.29 is 4.79 Å². The van der Waals surface area contributed by atoms with Gasteiger partial charge < -0.3 is 20.6 Å². The molecule has 6 heteroatoms. The van der Waals surface area contributed by atoms with Crippen molar-refractivity contribution in [2.45, 2.75) is 19.0 Å². The van der Waals surface area contributed by atoms with Crippen LogP contribution in [0, 0.1) is 0 Å². The lowest BCUT2D eigenvalue weighted by molar-refractivity contribution is -0.122. The van der Waals surface area contributed by atoms with Crippen molar-refractivity contribution in [1.82, 2.24) is 19.9 Å². The Morgan fingerprint density at radius 2 is 2.27 bits per heavy atom. The molecule has 0 aliphatic rings. The molecule has 3 rings (SSSR count). The van der Waals surface area contributed by atoms with Crippen LogP contribution in [0.25, 0.3) is 10.9 Å². The summed E-state index contributed by atoms with van der Waals surface area (Å²) in [6.07, 6.45) is 5.95. The number of aryl methyl sites for hydroxylation is 1. The van der Waals surface area contributed by atoms with Gasteiger partial charge in [0.25, 0.3) is 0 Å². The van der Waals surface area contributed by atoms with Crippen molar-refractivity contribution in [3.05, 3.63) is 54.2 Å². The fourth-order valence-corrected chi connectivity index (χ4v) is 2.49. The van der Waals surface area contributed by atoms with Gasteiger partial charge in [0.05, 0.1) is 12.6 Å². The average molecular weight is 297 g/mol. The fourth-order valence-electron chi connectivity index (χ4n) is 2.49. The molecule has 1 aromatic carbocycles. The number of hydrogen-bond acceptors (Lipinski definition) is 3. The number of para-hydroxylation sites is 1. The van der Waals surface area contributed by atoms with E-state index in [2.05, 4.69) is 15.3 Å². The van der Waals surface area contributed by atoms with Crippen LogP contribution in [-0.4, -0.2) is 26.5 Å². The number of nitrogens with two attached hydrogens (primary N) is 1. The first-order valence-corrected chi connectivity index (χ1v) is 7.19. The molecule has 0 aliphatic carbocycles. The molecular formula is C16H19N5O. The van der Waals surface area contributed by atoms with E-state index < -0.39 is 6.04 Å². The predicted molar refractivity (Wildman–Crippen MR) is 85.0 cm³/mol. The zero-order chi connectivity index (χ0) is 15.5. The Bertz CT molecular complexity index is 789. The molecule has 1 amide bonds. The lowest BCUT2D eigenvalue weighted by Crippen LogP contribution is -2.41. The van der Waals surface area contributed by atoms with Crippen LogP contribution >= 0.6 is 0 Å². The Morgan fingerprint density at radius 1 is 1.45 bits per heavy atom. The molecule has 0 aliphatic heterocycles. The van der Waals surface area contributed by atoms with E-state index in [0.29, 0.717) is 13.0 Å². The van der Waals surface area contributed by atoms with Crippen LogP contribution in [0.3, 0.4) is 0 Å². The zero-order valence-electron chi connectivity index (χ0n) is 12.4. The van der Waals surface area contributed by atoms with Gasteiger partial charge in [-0.25, -0.2) is 4.98 Å². The highest BCUT2D eigenvalue weighted by Gasteiger charge is 2.16. The smallest absolute Gasteiger partial charge is 0.237 e. The number of benzene rings is 1. The Labute approximate surface area is 128 Å². The molecule has 0 bridgehead atoms. The average Bonchev–Trinajstić information content (AvgIpc) is 3.12. The van der Waals surface area contributed by atoms with Crippen LogP contribution < -0.4 is 11.1 Å². The summed E-state index contributed by atoms with van der Waals surface area (Å²) in [5.74, 6) is 0.626. The highest BCUT2D eigenvalue weighted by atomic mass is 16.2. The SMILES string of the molecule is Cn1ccnc1CNC(=O)[C@@H](N)Cc1c[nH]c2ccccc12. The van der Waals surface area contributed by atoms with Crippen LogP contribution in [0.2, 0.25) is 0 Å². The van der Waals surface area contributed by atoms with E-state index in [1.54, 1.807) is 6.20 Å². The van der Waals surface area contributed by atoms with Crippen molar-refractivity contribution >= 4 is 16.8 Å². The Morgan fingerprint density at radius 3 is 3.05 bits per heavy atom. The normalized spacial score (nSPS) is 12.5. The quantitative estimate of drug-likeness (QED) is 0.658. The molecule has 114 valence electrons. The fraction of sp³-hybridized carbons (Fsp3) is 0.250. The van der Waals surface area contributed by atoms with E-state index in [-0.39, 0.29) is 5.91 Å². The molecule has 2 aromatic heterocycles. The summed E-state index contributed by atoms with van der Waals surface area (Å²) in [5.41, 5.74) is 8.13. The molecule has 4 N–H and O–H groups in total. The molecule has 2 heterocycles. The van der Waals surface area contributed by atoms with Gasteiger partial charge in [0.15, 0.2) is 0 Å². The molecule has 0 unspecified atom stereocenters. The van der Waals surface area contributed by atoms with Crippen molar-refractivity contribution in [3.8, 4) is 0 Å². The minimum absolute atomic E-state index is 0.173. The monoisotopic (exact) mass is 297 g/mol. The number of carbonyl (C=O) groups is 1. The van der Waals surface area contributed by atoms with Crippen LogP contribution in [0.4, 0.5) is 0 Å². The number of hydrogen-bond donors (Lipinski definition) is 3. The number of H-pyrrole nitrogens is 1. The number of aromatic nitrogens is 3. The second-order valence-electron chi connectivity index (χ2n) is 5.34. The summed E-state index contributed by atoms with van der Waals surface area (Å²) in [7, 11) is 1.89. The maximum atomic E-state index is 12.1. The second-order valence-corrected chi connectivity index (χ2v) is 5.34. The third kappa shape index (κ3) is 2.87. The van der Waals surface area contributed by atoms with Crippen molar-refractivity contribution in [2.75, 3.05) is 0 Å². The van der Waals surface area contributed by atoms with Gasteiger partial charge in [0.2, 0.25) is 5.91 Å². The molecule has 0 spiro atoms. The van der Waals surface area contributed by atoms with Gasteiger partial charge >= 0.3 is 0 Å². The van der Waals surface area contributed by atoms with Gasteiger partial charge in [0.1, 0.15) is 5.82 Å². The molecule has 0 radical (unpaired) electrons. The van der Waals surface area contributed by atoms with Crippen LogP contribution in [-0.2, 0) is 24.8 Å². The Balaban J connectivity index is 1.62. The largest absolute Gasteiger partial charge is 0.361 e. The van der Waals surface area contributed by atoms with Crippen molar-refractivity contribution in [1.29, 1.82) is 0 Å². The number of fused-ring (bicyclic) bond motifs is 1. The summed E-state index contributed by atoms with van der Waals surface area (Å²) < 4.78 is 1.87. The second kappa shape index (κ2) is 6.03. The first kappa shape index (κ1) is 14.3. The van der Waals surface area contributed by atoms with Gasteiger partial charge in [-0.2, -0.15) is 0 Å². The molecule has 6 nitrogen and oxygen atoms in total. The third-order valence-corrected chi connectivity index (χ3v) is 3.79. The molecule has 0 fully saturated rings. The van der Waals surface area contributed by atoms with Gasteiger partial charge in [-0.3, -0.25) is 4.79 Å². The van der Waals surface area contributed by atoms with Gasteiger partial charge in [-0.05, 0) is 18.1 Å². The Hall–Kier alpha value is -2.60. The molecule has 0 saturated carbocycles. The third-order valence-electron chi connectivity index (χ3n) is 3.79. The van der Waals surface area contributed by atoms with Gasteiger partial charge in [-0.1, -0.05) is 18.2 Å². The zero-order valence-corrected chi connectivity index (χ0v) is 12.4. The topological polar surface area (TPSA) is 88.7 Å². The number of carbonyl (C=O) groups excluding carboxylic acids is 1. The summed E-state index contributed by atoms with van der Waals surface area (Å²) >= 11 is 0. The molecule has 22 heavy (non-hydrogen) atoms. The molecule has 3 aromatic rings. The van der Waals surface area contributed by atoms with Gasteiger partial charge in [-0.15, -0.1) is 0 Å². The lowest BCUT2D eigenvalue weighted by atomic mass is 10.1. The van der Waals surface area contributed by atoms with E-state index in [1.807, 2.05) is 48.3 Å². The number of nitrogens with zero attached hydrogens (tertiary/aromatic N) is 2. The van der Waals surface area contributed by atoms with Crippen molar-refractivity contribution in [3.63, 3.8) is 0 Å². The predicted octanol–water partition coefficient (Wildman–Crippen LogP) is 1.09. The van der Waals surface area contributed by atoms with Crippen LogP contribution in [0.5, 0.6) is 0 Å². The first-order valence-electron chi connectivity index (χ1n) is 7.19. The number of nitrogens with one attached hydrogen (secondary N) is 2. The molecular weight excluding hydrogens is 278 g/mol.